The largest absolute Gasteiger partial charge is 0.244 e. The Bertz CT molecular complexity index is 237. The van der Waals surface area contributed by atoms with Crippen molar-refractivity contribution in [2.45, 2.75) is 72.6 Å². The maximum Gasteiger partial charge on any atom is 0.134 e. The molecule has 0 aromatic heterocycles. The summed E-state index contributed by atoms with van der Waals surface area (Å²) in [6.07, 6.45) is 3.30. The van der Waals surface area contributed by atoms with E-state index in [2.05, 4.69) is 20.4 Å². The van der Waals surface area contributed by atoms with Crippen molar-refractivity contribution in [2.75, 3.05) is 0 Å². The molecule has 0 saturated carbocycles. The van der Waals surface area contributed by atoms with E-state index in [4.69, 9.17) is 0 Å². The smallest absolute Gasteiger partial charge is 0.134 e. The van der Waals surface area contributed by atoms with Crippen molar-refractivity contribution in [1.29, 1.82) is 0 Å². The molecule has 0 nitrogen and oxygen atoms in total. The molecule has 19 heavy (non-hydrogen) atoms. The van der Waals surface area contributed by atoms with Gasteiger partial charge in [-0.25, -0.2) is 8.78 Å². The molecule has 0 rings (SSSR count). The van der Waals surface area contributed by atoms with Crippen LogP contribution in [0, 0.1) is 23.7 Å². The molecule has 0 radical (unpaired) electrons. The monoisotopic (exact) mass is 274 g/mol. The summed E-state index contributed by atoms with van der Waals surface area (Å²) in [6.45, 7) is 13.4. The minimum atomic E-state index is -1.33. The molecule has 5 unspecified atom stereocenters. The molecule has 0 aliphatic heterocycles. The van der Waals surface area contributed by atoms with E-state index in [9.17, 15) is 8.78 Å². The van der Waals surface area contributed by atoms with Crippen LogP contribution in [0.15, 0.2) is 12.7 Å². The van der Waals surface area contributed by atoms with Crippen LogP contribution in [0.5, 0.6) is 0 Å². The number of halogens is 2. The average molecular weight is 274 g/mol. The Morgan fingerprint density at radius 3 is 2.00 bits per heavy atom. The highest BCUT2D eigenvalue weighted by molar-refractivity contribution is 4.80. The fraction of sp³-hybridized carbons (Fsp3) is 0.882. The summed E-state index contributed by atoms with van der Waals surface area (Å²) >= 11 is 0. The van der Waals surface area contributed by atoms with Gasteiger partial charge in [0.2, 0.25) is 0 Å². The standard InChI is InChI=1S/C17H32F2/c1-7-13(5)9-10-15(8-2)11-14(6)17(19)16(18)12(3)4/h7,12-17H,1,8-11H2,2-6H3. The van der Waals surface area contributed by atoms with Gasteiger partial charge in [-0.3, -0.25) is 0 Å². The molecular formula is C17H32F2. The summed E-state index contributed by atoms with van der Waals surface area (Å²) < 4.78 is 27.7. The first-order valence-electron chi connectivity index (χ1n) is 7.74. The van der Waals surface area contributed by atoms with Gasteiger partial charge in [0.05, 0.1) is 0 Å². The zero-order chi connectivity index (χ0) is 15.0. The van der Waals surface area contributed by atoms with Gasteiger partial charge >= 0.3 is 0 Å². The molecule has 0 aliphatic carbocycles. The summed E-state index contributed by atoms with van der Waals surface area (Å²) in [5.74, 6) is 0.574. The first-order chi connectivity index (χ1) is 8.83. The second-order valence-electron chi connectivity index (χ2n) is 6.41. The highest BCUT2D eigenvalue weighted by atomic mass is 19.2. The first-order valence-corrected chi connectivity index (χ1v) is 7.74. The maximum atomic E-state index is 14.0. The van der Waals surface area contributed by atoms with Gasteiger partial charge in [-0.1, -0.05) is 47.1 Å². The van der Waals surface area contributed by atoms with Crippen LogP contribution in [0.1, 0.15) is 60.3 Å². The van der Waals surface area contributed by atoms with Gasteiger partial charge in [-0.05, 0) is 42.9 Å². The lowest BCUT2D eigenvalue weighted by Crippen LogP contribution is -2.30. The van der Waals surface area contributed by atoms with Crippen LogP contribution in [0.4, 0.5) is 8.78 Å². The fourth-order valence-electron chi connectivity index (χ4n) is 2.44. The zero-order valence-electron chi connectivity index (χ0n) is 13.3. The molecule has 5 atom stereocenters. The van der Waals surface area contributed by atoms with E-state index in [1.54, 1.807) is 13.8 Å². The Balaban J connectivity index is 4.25. The number of hydrogen-bond donors (Lipinski definition) is 0. The molecule has 0 N–H and O–H groups in total. The Labute approximate surface area is 118 Å². The molecular weight excluding hydrogens is 242 g/mol. The van der Waals surface area contributed by atoms with Crippen LogP contribution in [-0.4, -0.2) is 12.3 Å². The van der Waals surface area contributed by atoms with Crippen molar-refractivity contribution in [3.05, 3.63) is 12.7 Å². The number of rotatable bonds is 10. The van der Waals surface area contributed by atoms with E-state index in [-0.39, 0.29) is 11.8 Å². The van der Waals surface area contributed by atoms with E-state index >= 15 is 0 Å². The van der Waals surface area contributed by atoms with Crippen molar-refractivity contribution < 1.29 is 8.78 Å². The topological polar surface area (TPSA) is 0 Å². The summed E-state index contributed by atoms with van der Waals surface area (Å²) in [4.78, 5) is 0. The van der Waals surface area contributed by atoms with E-state index in [1.807, 2.05) is 13.0 Å². The molecule has 0 aliphatic rings. The molecule has 0 saturated heterocycles. The molecule has 114 valence electrons. The molecule has 0 aromatic carbocycles. The molecule has 0 spiro atoms. The van der Waals surface area contributed by atoms with Gasteiger partial charge in [0.15, 0.2) is 0 Å². The van der Waals surface area contributed by atoms with E-state index in [1.165, 1.54) is 0 Å². The molecule has 0 aromatic rings. The predicted molar refractivity (Wildman–Crippen MR) is 80.8 cm³/mol. The van der Waals surface area contributed by atoms with Gasteiger partial charge in [0.25, 0.3) is 0 Å². The van der Waals surface area contributed by atoms with Crippen LogP contribution >= 0.6 is 0 Å². The number of alkyl halides is 2. The third kappa shape index (κ3) is 7.08. The Kier molecular flexibility index (Phi) is 9.30. The van der Waals surface area contributed by atoms with Gasteiger partial charge < -0.3 is 0 Å². The highest BCUT2D eigenvalue weighted by Crippen LogP contribution is 2.29. The van der Waals surface area contributed by atoms with Crippen LogP contribution in [-0.2, 0) is 0 Å². The normalized spacial score (nSPS) is 19.8. The van der Waals surface area contributed by atoms with Crippen molar-refractivity contribution in [3.8, 4) is 0 Å². The Morgan fingerprint density at radius 1 is 1.00 bits per heavy atom. The maximum absolute atomic E-state index is 14.0. The second-order valence-corrected chi connectivity index (χ2v) is 6.41. The second kappa shape index (κ2) is 9.50. The first kappa shape index (κ1) is 18.6. The van der Waals surface area contributed by atoms with Crippen LogP contribution in [0.2, 0.25) is 0 Å². The number of allylic oxidation sites excluding steroid dienone is 1. The van der Waals surface area contributed by atoms with Gasteiger partial charge in [-0.2, -0.15) is 0 Å². The van der Waals surface area contributed by atoms with Gasteiger partial charge in [-0.15, -0.1) is 6.58 Å². The molecule has 0 amide bonds. The van der Waals surface area contributed by atoms with Crippen molar-refractivity contribution in [1.82, 2.24) is 0 Å². The predicted octanol–water partition coefficient (Wildman–Crippen LogP) is 5.97. The third-order valence-corrected chi connectivity index (χ3v) is 4.20. The van der Waals surface area contributed by atoms with Crippen molar-refractivity contribution >= 4 is 0 Å². The van der Waals surface area contributed by atoms with Crippen LogP contribution < -0.4 is 0 Å². The summed E-state index contributed by atoms with van der Waals surface area (Å²) in [7, 11) is 0. The third-order valence-electron chi connectivity index (χ3n) is 4.20. The highest BCUT2D eigenvalue weighted by Gasteiger charge is 2.30. The van der Waals surface area contributed by atoms with Crippen LogP contribution in [0.3, 0.4) is 0 Å². The quantitative estimate of drug-likeness (QED) is 0.430. The lowest BCUT2D eigenvalue weighted by atomic mass is 9.83. The average Bonchev–Trinajstić information content (AvgIpc) is 2.40. The van der Waals surface area contributed by atoms with Gasteiger partial charge in [0, 0.05) is 0 Å². The molecule has 0 heterocycles. The lowest BCUT2D eigenvalue weighted by molar-refractivity contribution is 0.0726. The minimum Gasteiger partial charge on any atom is -0.244 e. The summed E-state index contributed by atoms with van der Waals surface area (Å²) in [5.41, 5.74) is 0. The SMILES string of the molecule is C=CC(C)CCC(CC)CC(C)C(F)C(F)C(C)C. The van der Waals surface area contributed by atoms with Gasteiger partial charge in [0.1, 0.15) is 12.3 Å². The van der Waals surface area contributed by atoms with E-state index < -0.39 is 12.3 Å². The van der Waals surface area contributed by atoms with Crippen molar-refractivity contribution in [2.24, 2.45) is 23.7 Å². The minimum absolute atomic E-state index is 0.193. The molecule has 0 fully saturated rings. The summed E-state index contributed by atoms with van der Waals surface area (Å²) in [5, 5.41) is 0. The summed E-state index contributed by atoms with van der Waals surface area (Å²) in [6, 6.07) is 0. The molecule has 0 bridgehead atoms. The Morgan fingerprint density at radius 2 is 1.58 bits per heavy atom. The van der Waals surface area contributed by atoms with E-state index in [0.29, 0.717) is 11.8 Å². The Hall–Kier alpha value is -0.400. The lowest BCUT2D eigenvalue weighted by Gasteiger charge is -2.26. The molecule has 2 heteroatoms. The fourth-order valence-corrected chi connectivity index (χ4v) is 2.44. The zero-order valence-corrected chi connectivity index (χ0v) is 13.3. The van der Waals surface area contributed by atoms with E-state index in [0.717, 1.165) is 25.7 Å². The van der Waals surface area contributed by atoms with Crippen molar-refractivity contribution in [3.63, 3.8) is 0 Å². The number of hydrogen-bond acceptors (Lipinski definition) is 0. The van der Waals surface area contributed by atoms with Crippen LogP contribution in [0.25, 0.3) is 0 Å².